The average Bonchev–Trinajstić information content (AvgIpc) is 2.57. The Kier molecular flexibility index (Phi) is 7.13. The third-order valence-corrected chi connectivity index (χ3v) is 3.82. The lowest BCUT2D eigenvalue weighted by atomic mass is 10.1. The Morgan fingerprint density at radius 2 is 1.58 bits per heavy atom. The van der Waals surface area contributed by atoms with E-state index in [1.54, 1.807) is 0 Å². The largest absolute Gasteiger partial charge is 0.491 e. The maximum absolute atomic E-state index is 5.99. The van der Waals surface area contributed by atoms with Gasteiger partial charge in [0.1, 0.15) is 11.5 Å². The predicted molar refractivity (Wildman–Crippen MR) is 99.6 cm³/mol. The summed E-state index contributed by atoms with van der Waals surface area (Å²) in [6.07, 6.45) is 1.45. The number of benzene rings is 2. The molecule has 1 N–H and O–H groups in total. The standard InChI is InChI=1S/C21H29NO2/c1-5-17(4)24-21-9-7-6-8-19(21)15-22-14-18-10-12-20(13-11-18)23-16(2)3/h6-13,16-17,22H,5,14-15H2,1-4H3. The van der Waals surface area contributed by atoms with Crippen LogP contribution in [0.15, 0.2) is 48.5 Å². The quantitative estimate of drug-likeness (QED) is 0.707. The van der Waals surface area contributed by atoms with E-state index in [1.165, 1.54) is 11.1 Å². The van der Waals surface area contributed by atoms with Crippen LogP contribution in [0.2, 0.25) is 0 Å². The van der Waals surface area contributed by atoms with Crippen LogP contribution in [0.3, 0.4) is 0 Å². The molecule has 0 aliphatic heterocycles. The molecule has 0 amide bonds. The molecule has 2 aromatic carbocycles. The summed E-state index contributed by atoms with van der Waals surface area (Å²) < 4.78 is 11.7. The molecule has 24 heavy (non-hydrogen) atoms. The maximum Gasteiger partial charge on any atom is 0.124 e. The van der Waals surface area contributed by atoms with Crippen molar-refractivity contribution in [3.8, 4) is 11.5 Å². The molecule has 0 aliphatic rings. The van der Waals surface area contributed by atoms with Gasteiger partial charge in [-0.1, -0.05) is 37.3 Å². The molecule has 2 aromatic rings. The van der Waals surface area contributed by atoms with Gasteiger partial charge in [-0.15, -0.1) is 0 Å². The SMILES string of the molecule is CCC(C)Oc1ccccc1CNCc1ccc(OC(C)C)cc1. The Bertz CT molecular complexity index is 607. The minimum absolute atomic E-state index is 0.205. The van der Waals surface area contributed by atoms with Crippen molar-refractivity contribution in [2.24, 2.45) is 0 Å². The second-order valence-electron chi connectivity index (χ2n) is 6.36. The summed E-state index contributed by atoms with van der Waals surface area (Å²) in [5.74, 6) is 1.89. The van der Waals surface area contributed by atoms with Crippen LogP contribution in [-0.2, 0) is 13.1 Å². The van der Waals surface area contributed by atoms with Crippen LogP contribution in [-0.4, -0.2) is 12.2 Å². The molecule has 0 radical (unpaired) electrons. The Morgan fingerprint density at radius 3 is 2.25 bits per heavy atom. The van der Waals surface area contributed by atoms with Gasteiger partial charge >= 0.3 is 0 Å². The molecule has 2 rings (SSSR count). The topological polar surface area (TPSA) is 30.5 Å². The number of ether oxygens (including phenoxy) is 2. The highest BCUT2D eigenvalue weighted by Crippen LogP contribution is 2.20. The highest BCUT2D eigenvalue weighted by molar-refractivity contribution is 5.33. The zero-order valence-corrected chi connectivity index (χ0v) is 15.2. The van der Waals surface area contributed by atoms with Gasteiger partial charge in [0.25, 0.3) is 0 Å². The summed E-state index contributed by atoms with van der Waals surface area (Å²) >= 11 is 0. The number of hydrogen-bond donors (Lipinski definition) is 1. The van der Waals surface area contributed by atoms with Crippen LogP contribution >= 0.6 is 0 Å². The lowest BCUT2D eigenvalue weighted by Crippen LogP contribution is -2.16. The van der Waals surface area contributed by atoms with Crippen molar-refractivity contribution in [1.29, 1.82) is 0 Å². The molecule has 0 heterocycles. The number of nitrogens with one attached hydrogen (secondary N) is 1. The third kappa shape index (κ3) is 5.89. The van der Waals surface area contributed by atoms with Crippen molar-refractivity contribution in [3.63, 3.8) is 0 Å². The second-order valence-corrected chi connectivity index (χ2v) is 6.36. The Labute approximate surface area is 146 Å². The third-order valence-electron chi connectivity index (χ3n) is 3.82. The lowest BCUT2D eigenvalue weighted by Gasteiger charge is -2.16. The van der Waals surface area contributed by atoms with Crippen molar-refractivity contribution >= 4 is 0 Å². The van der Waals surface area contributed by atoms with Crippen LogP contribution in [0, 0.1) is 0 Å². The zero-order valence-electron chi connectivity index (χ0n) is 15.2. The van der Waals surface area contributed by atoms with Crippen LogP contribution in [0.25, 0.3) is 0 Å². The summed E-state index contributed by atoms with van der Waals surface area (Å²) in [7, 11) is 0. The first kappa shape index (κ1) is 18.3. The van der Waals surface area contributed by atoms with Crippen molar-refractivity contribution < 1.29 is 9.47 Å². The van der Waals surface area contributed by atoms with Crippen LogP contribution in [0.1, 0.15) is 45.2 Å². The molecule has 0 saturated carbocycles. The van der Waals surface area contributed by atoms with Gasteiger partial charge in [0.05, 0.1) is 12.2 Å². The van der Waals surface area contributed by atoms with E-state index in [-0.39, 0.29) is 12.2 Å². The highest BCUT2D eigenvalue weighted by atomic mass is 16.5. The molecular formula is C21H29NO2. The molecule has 0 bridgehead atoms. The number of hydrogen-bond acceptors (Lipinski definition) is 3. The molecule has 1 unspecified atom stereocenters. The van der Waals surface area contributed by atoms with Crippen molar-refractivity contribution in [3.05, 3.63) is 59.7 Å². The Balaban J connectivity index is 1.88. The number of para-hydroxylation sites is 1. The van der Waals surface area contributed by atoms with Crippen molar-refractivity contribution in [1.82, 2.24) is 5.32 Å². The van der Waals surface area contributed by atoms with E-state index < -0.39 is 0 Å². The zero-order chi connectivity index (χ0) is 17.4. The molecule has 3 nitrogen and oxygen atoms in total. The van der Waals surface area contributed by atoms with E-state index in [4.69, 9.17) is 9.47 Å². The molecule has 0 spiro atoms. The highest BCUT2D eigenvalue weighted by Gasteiger charge is 2.06. The van der Waals surface area contributed by atoms with Gasteiger partial charge in [-0.05, 0) is 51.0 Å². The summed E-state index contributed by atoms with van der Waals surface area (Å²) in [4.78, 5) is 0. The fourth-order valence-corrected chi connectivity index (χ4v) is 2.36. The van der Waals surface area contributed by atoms with E-state index in [1.807, 2.05) is 38.1 Å². The molecule has 1 atom stereocenters. The van der Waals surface area contributed by atoms with Gasteiger partial charge in [-0.3, -0.25) is 0 Å². The molecule has 3 heteroatoms. The van der Waals surface area contributed by atoms with Gasteiger partial charge in [0, 0.05) is 18.7 Å². The van der Waals surface area contributed by atoms with E-state index in [2.05, 4.69) is 43.4 Å². The van der Waals surface area contributed by atoms with Gasteiger partial charge in [0.15, 0.2) is 0 Å². The van der Waals surface area contributed by atoms with E-state index in [0.29, 0.717) is 0 Å². The van der Waals surface area contributed by atoms with Crippen LogP contribution in [0.5, 0.6) is 11.5 Å². The maximum atomic E-state index is 5.99. The van der Waals surface area contributed by atoms with Gasteiger partial charge in [0.2, 0.25) is 0 Å². The Morgan fingerprint density at radius 1 is 0.875 bits per heavy atom. The summed E-state index contributed by atoms with van der Waals surface area (Å²) in [5.41, 5.74) is 2.43. The van der Waals surface area contributed by atoms with E-state index >= 15 is 0 Å². The summed E-state index contributed by atoms with van der Waals surface area (Å²) in [5, 5.41) is 3.49. The average molecular weight is 327 g/mol. The molecular weight excluding hydrogens is 298 g/mol. The molecule has 0 aromatic heterocycles. The summed E-state index contributed by atoms with van der Waals surface area (Å²) in [6.45, 7) is 9.92. The molecule has 0 fully saturated rings. The fraction of sp³-hybridized carbons (Fsp3) is 0.429. The van der Waals surface area contributed by atoms with Crippen LogP contribution < -0.4 is 14.8 Å². The summed E-state index contributed by atoms with van der Waals surface area (Å²) in [6, 6.07) is 16.5. The fourth-order valence-electron chi connectivity index (χ4n) is 2.36. The van der Waals surface area contributed by atoms with Crippen LogP contribution in [0.4, 0.5) is 0 Å². The normalized spacial score (nSPS) is 12.2. The second kappa shape index (κ2) is 9.33. The first-order chi connectivity index (χ1) is 11.6. The molecule has 0 saturated heterocycles. The molecule has 0 aliphatic carbocycles. The van der Waals surface area contributed by atoms with Gasteiger partial charge in [-0.2, -0.15) is 0 Å². The van der Waals surface area contributed by atoms with Gasteiger partial charge in [-0.25, -0.2) is 0 Å². The monoisotopic (exact) mass is 327 g/mol. The first-order valence-corrected chi connectivity index (χ1v) is 8.79. The van der Waals surface area contributed by atoms with Crippen molar-refractivity contribution in [2.45, 2.75) is 59.4 Å². The minimum Gasteiger partial charge on any atom is -0.491 e. The number of rotatable bonds is 9. The Hall–Kier alpha value is -2.00. The lowest BCUT2D eigenvalue weighted by molar-refractivity contribution is 0.215. The molecule has 130 valence electrons. The van der Waals surface area contributed by atoms with E-state index in [0.717, 1.165) is 31.0 Å². The first-order valence-electron chi connectivity index (χ1n) is 8.79. The van der Waals surface area contributed by atoms with Crippen molar-refractivity contribution in [2.75, 3.05) is 0 Å². The smallest absolute Gasteiger partial charge is 0.124 e. The van der Waals surface area contributed by atoms with E-state index in [9.17, 15) is 0 Å². The predicted octanol–water partition coefficient (Wildman–Crippen LogP) is 4.94. The minimum atomic E-state index is 0.205. The van der Waals surface area contributed by atoms with Gasteiger partial charge < -0.3 is 14.8 Å².